The van der Waals surface area contributed by atoms with Crippen LogP contribution in [0.4, 0.5) is 0 Å². The summed E-state index contributed by atoms with van der Waals surface area (Å²) in [6, 6.07) is 0. The van der Waals surface area contributed by atoms with Crippen molar-refractivity contribution in [2.75, 3.05) is 21.1 Å². The molecule has 0 radical (unpaired) electrons. The van der Waals surface area contributed by atoms with Crippen molar-refractivity contribution in [1.29, 1.82) is 0 Å². The van der Waals surface area contributed by atoms with E-state index in [2.05, 4.69) is 19.1 Å². The Bertz CT molecular complexity index is 554. The molecule has 5 nitrogen and oxygen atoms in total. The monoisotopic (exact) mass is 546 g/mol. The molecule has 0 bridgehead atoms. The summed E-state index contributed by atoms with van der Waals surface area (Å²) < 4.78 is 11.4. The largest absolute Gasteiger partial charge is 0.382 e. The first-order valence-corrected chi connectivity index (χ1v) is 17.2. The predicted molar refractivity (Wildman–Crippen MR) is 162 cm³/mol. The lowest BCUT2D eigenvalue weighted by Gasteiger charge is -2.33. The van der Waals surface area contributed by atoms with Gasteiger partial charge in [0.05, 0.1) is 21.1 Å². The lowest BCUT2D eigenvalue weighted by Crippen LogP contribution is -2.44. The Kier molecular flexibility index (Phi) is 28.3. The minimum atomic E-state index is -3.94. The minimum absolute atomic E-state index is 0.318. The molecule has 222 valence electrons. The summed E-state index contributed by atoms with van der Waals surface area (Å²) in [6.07, 6.45) is 33.9. The first-order valence-electron chi connectivity index (χ1n) is 15.6. The number of aldehydes is 1. The van der Waals surface area contributed by atoms with E-state index in [1.54, 1.807) is 21.1 Å². The van der Waals surface area contributed by atoms with Crippen LogP contribution in [0.5, 0.6) is 0 Å². The van der Waals surface area contributed by atoms with Crippen LogP contribution < -0.4 is 0 Å². The Morgan fingerprint density at radius 1 is 0.595 bits per heavy atom. The van der Waals surface area contributed by atoms with Crippen LogP contribution in [0.15, 0.2) is 12.2 Å². The maximum Gasteiger partial charge on any atom is 0.382 e. The summed E-state index contributed by atoms with van der Waals surface area (Å²) in [5, 5.41) is 0. The average molecular weight is 547 g/mol. The molecule has 0 spiro atoms. The average Bonchev–Trinajstić information content (AvgIpc) is 2.82. The highest BCUT2D eigenvalue weighted by Gasteiger charge is 2.38. The third-order valence-electron chi connectivity index (χ3n) is 6.91. The Morgan fingerprint density at radius 2 is 0.946 bits per heavy atom. The third kappa shape index (κ3) is 29.9. The summed E-state index contributed by atoms with van der Waals surface area (Å²) in [4.78, 5) is 28.3. The van der Waals surface area contributed by atoms with Gasteiger partial charge in [-0.15, -0.1) is 0 Å². The number of unbranched alkanes of at least 4 members (excludes halogenated alkanes) is 18. The van der Waals surface area contributed by atoms with Gasteiger partial charge in [-0.05, 0) is 38.5 Å². The molecule has 0 saturated heterocycles. The molecule has 0 aromatic carbocycles. The molecule has 0 rings (SSSR count). The minimum Gasteiger partial charge on any atom is -0.320 e. The number of allylic oxidation sites excluding steroid dienone is 2. The smallest absolute Gasteiger partial charge is 0.320 e. The Morgan fingerprint density at radius 3 is 1.22 bits per heavy atom. The van der Waals surface area contributed by atoms with Crippen LogP contribution in [0.3, 0.4) is 0 Å². The van der Waals surface area contributed by atoms with Crippen LogP contribution in [-0.4, -0.2) is 47.5 Å². The van der Waals surface area contributed by atoms with Crippen molar-refractivity contribution < 1.29 is 23.6 Å². The van der Waals surface area contributed by atoms with Gasteiger partial charge in [-0.25, -0.2) is 0 Å². The molecular formula is C31H65NO4P+. The molecule has 37 heavy (non-hydrogen) atoms. The summed E-state index contributed by atoms with van der Waals surface area (Å²) in [7, 11) is 1.47. The molecule has 0 heterocycles. The zero-order valence-corrected chi connectivity index (χ0v) is 26.4. The molecular weight excluding hydrogens is 481 g/mol. The van der Waals surface area contributed by atoms with E-state index in [0.29, 0.717) is 10.9 Å². The summed E-state index contributed by atoms with van der Waals surface area (Å²) in [6.45, 7) is 4.22. The first kappa shape index (κ1) is 38.7. The van der Waals surface area contributed by atoms with Gasteiger partial charge in [0.25, 0.3) is 0 Å². The molecule has 1 unspecified atom stereocenters. The van der Waals surface area contributed by atoms with Crippen molar-refractivity contribution in [3.05, 3.63) is 12.2 Å². The topological polar surface area (TPSA) is 74.6 Å². The van der Waals surface area contributed by atoms with Crippen LogP contribution in [0.1, 0.15) is 155 Å². The van der Waals surface area contributed by atoms with Gasteiger partial charge in [0.2, 0.25) is 0 Å². The van der Waals surface area contributed by atoms with Crippen LogP contribution in [0, 0.1) is 0 Å². The Hall–Kier alpha value is -0.480. The quantitative estimate of drug-likeness (QED) is 0.0393. The van der Waals surface area contributed by atoms with E-state index in [1.807, 2.05) is 6.92 Å². The first-order chi connectivity index (χ1) is 17.6. The van der Waals surface area contributed by atoms with Crippen molar-refractivity contribution in [3.63, 3.8) is 0 Å². The van der Waals surface area contributed by atoms with Crippen molar-refractivity contribution in [1.82, 2.24) is 0 Å². The fourth-order valence-electron chi connectivity index (χ4n) is 4.62. The van der Waals surface area contributed by atoms with Gasteiger partial charge in [-0.3, -0.25) is 4.57 Å². The van der Waals surface area contributed by atoms with Crippen LogP contribution >= 0.6 is 7.60 Å². The van der Waals surface area contributed by atoms with Crippen molar-refractivity contribution in [3.8, 4) is 0 Å². The predicted octanol–water partition coefficient (Wildman–Crippen LogP) is 9.56. The van der Waals surface area contributed by atoms with Gasteiger partial charge in [0.15, 0.2) is 5.78 Å². The maximum absolute atomic E-state index is 11.0. The number of carbonyl (C=O) groups excluding carboxylic acids is 1. The second-order valence-corrected chi connectivity index (χ2v) is 13.4. The van der Waals surface area contributed by atoms with E-state index in [1.165, 1.54) is 116 Å². The summed E-state index contributed by atoms with van der Waals surface area (Å²) in [5.41, 5.74) is 0. The van der Waals surface area contributed by atoms with Crippen molar-refractivity contribution >= 4 is 13.9 Å². The van der Waals surface area contributed by atoms with Gasteiger partial charge in [-0.1, -0.05) is 116 Å². The summed E-state index contributed by atoms with van der Waals surface area (Å²) >= 11 is 0. The summed E-state index contributed by atoms with van der Waals surface area (Å²) in [5.74, 6) is -0.567. The molecule has 0 aromatic heterocycles. The molecule has 0 saturated carbocycles. The SMILES string of the molecule is CCCC([N+](C)(C)C)P(=O)(O)O.CCCCCCCCCCCC/C=C\CCCCCCCCCC=O. The highest BCUT2D eigenvalue weighted by molar-refractivity contribution is 7.52. The van der Waals surface area contributed by atoms with Crippen LogP contribution in [-0.2, 0) is 9.36 Å². The lowest BCUT2D eigenvalue weighted by molar-refractivity contribution is -0.883. The number of carbonyl (C=O) groups is 1. The van der Waals surface area contributed by atoms with E-state index in [0.717, 1.165) is 25.5 Å². The number of hydrogen-bond acceptors (Lipinski definition) is 2. The van der Waals surface area contributed by atoms with Gasteiger partial charge in [-0.2, -0.15) is 0 Å². The van der Waals surface area contributed by atoms with Crippen molar-refractivity contribution in [2.45, 2.75) is 161 Å². The highest BCUT2D eigenvalue weighted by atomic mass is 31.2. The number of nitrogens with zero attached hydrogens (tertiary/aromatic N) is 1. The van der Waals surface area contributed by atoms with Gasteiger partial charge in [0, 0.05) is 12.8 Å². The van der Waals surface area contributed by atoms with Crippen LogP contribution in [0.25, 0.3) is 0 Å². The molecule has 1 atom stereocenters. The fraction of sp³-hybridized carbons (Fsp3) is 0.903. The fourth-order valence-corrected chi connectivity index (χ4v) is 6.12. The zero-order chi connectivity index (χ0) is 28.3. The molecule has 0 fully saturated rings. The van der Waals surface area contributed by atoms with E-state index >= 15 is 0 Å². The van der Waals surface area contributed by atoms with E-state index in [9.17, 15) is 9.36 Å². The molecule has 0 aliphatic rings. The molecule has 6 heteroatoms. The van der Waals surface area contributed by atoms with E-state index in [-0.39, 0.29) is 0 Å². The second-order valence-electron chi connectivity index (χ2n) is 11.6. The van der Waals surface area contributed by atoms with E-state index in [4.69, 9.17) is 9.79 Å². The lowest BCUT2D eigenvalue weighted by atomic mass is 10.1. The number of rotatable bonds is 25. The van der Waals surface area contributed by atoms with Gasteiger partial charge >= 0.3 is 7.60 Å². The molecule has 0 amide bonds. The molecule has 2 N–H and O–H groups in total. The third-order valence-corrected chi connectivity index (χ3v) is 8.64. The highest BCUT2D eigenvalue weighted by Crippen LogP contribution is 2.46. The normalized spacial score (nSPS) is 12.9. The van der Waals surface area contributed by atoms with E-state index < -0.39 is 13.4 Å². The Labute approximate surface area is 231 Å². The maximum atomic E-state index is 11.0. The number of quaternary nitrogens is 1. The van der Waals surface area contributed by atoms with Gasteiger partial charge in [0.1, 0.15) is 6.29 Å². The Balaban J connectivity index is 0. The second kappa shape index (κ2) is 27.1. The number of hydrogen-bond donors (Lipinski definition) is 2. The van der Waals surface area contributed by atoms with Crippen molar-refractivity contribution in [2.24, 2.45) is 0 Å². The molecule has 0 aliphatic carbocycles. The van der Waals surface area contributed by atoms with Gasteiger partial charge < -0.3 is 19.1 Å². The molecule has 0 aromatic rings. The standard InChI is InChI=1S/C24H46O.C7H18NO3P/c1-2-3-4-5-6-7-8-9-10-11-12-13-14-15-16-17-18-19-20-21-22-23-24-25;1-5-6-7(8(2,3)4)12(9,10)11/h13-14,24H,2-12,15-23H2,1H3;7H,5-6H2,1-4H3,(H-,9,10,11)/p+1/b14-13-;. The van der Waals surface area contributed by atoms with Crippen LogP contribution in [0.2, 0.25) is 0 Å². The molecule has 0 aliphatic heterocycles. The zero-order valence-electron chi connectivity index (χ0n) is 25.5.